The van der Waals surface area contributed by atoms with Crippen LogP contribution in [-0.4, -0.2) is 46.2 Å². The number of nitrogens with zero attached hydrogens (tertiary/aromatic N) is 2. The van der Waals surface area contributed by atoms with E-state index < -0.39 is 0 Å². The third-order valence-electron chi connectivity index (χ3n) is 4.28. The summed E-state index contributed by atoms with van der Waals surface area (Å²) in [5.41, 5.74) is 2.71. The number of carbonyl (C=O) groups excluding carboxylic acids is 2. The molecule has 2 heterocycles. The van der Waals surface area contributed by atoms with E-state index >= 15 is 0 Å². The minimum atomic E-state index is -0.147. The summed E-state index contributed by atoms with van der Waals surface area (Å²) in [6.45, 7) is 6.60. The lowest BCUT2D eigenvalue weighted by atomic mass is 10.3. The number of benzene rings is 1. The van der Waals surface area contributed by atoms with Crippen LogP contribution in [0.5, 0.6) is 0 Å². The number of para-hydroxylation sites is 1. The fourth-order valence-electron chi connectivity index (χ4n) is 3.00. The first-order chi connectivity index (χ1) is 12.4. The molecule has 1 saturated heterocycles. The van der Waals surface area contributed by atoms with Crippen molar-refractivity contribution in [2.75, 3.05) is 18.4 Å². The summed E-state index contributed by atoms with van der Waals surface area (Å²) >= 11 is 1.58. The van der Waals surface area contributed by atoms with Gasteiger partial charge in [0.25, 0.3) is 0 Å². The van der Waals surface area contributed by atoms with Crippen molar-refractivity contribution in [2.45, 2.75) is 43.0 Å². The van der Waals surface area contributed by atoms with Crippen molar-refractivity contribution in [3.8, 4) is 0 Å². The minimum absolute atomic E-state index is 0.0269. The van der Waals surface area contributed by atoms with Gasteiger partial charge in [-0.25, -0.2) is 4.79 Å². The molecule has 0 unspecified atom stereocenters. The Balaban J connectivity index is 1.69. The van der Waals surface area contributed by atoms with Gasteiger partial charge in [-0.15, -0.1) is 0 Å². The summed E-state index contributed by atoms with van der Waals surface area (Å²) in [7, 11) is 0. The van der Waals surface area contributed by atoms with E-state index in [0.717, 1.165) is 33.3 Å². The van der Waals surface area contributed by atoms with Crippen molar-refractivity contribution in [1.29, 1.82) is 0 Å². The van der Waals surface area contributed by atoms with Gasteiger partial charge in [-0.1, -0.05) is 23.9 Å². The maximum absolute atomic E-state index is 12.6. The predicted octanol–water partition coefficient (Wildman–Crippen LogP) is 2.92. The molecule has 7 nitrogen and oxygen atoms in total. The smallest absolute Gasteiger partial charge is 0.321 e. The largest absolute Gasteiger partial charge is 0.352 e. The van der Waals surface area contributed by atoms with Crippen molar-refractivity contribution in [1.82, 2.24) is 20.4 Å². The molecule has 0 spiro atoms. The summed E-state index contributed by atoms with van der Waals surface area (Å²) in [5, 5.41) is 13.1. The fraction of sp³-hybridized carbons (Fsp3) is 0.389. The van der Waals surface area contributed by atoms with Crippen LogP contribution in [0.3, 0.4) is 0 Å². The molecule has 3 rings (SSSR count). The second-order valence-electron chi connectivity index (χ2n) is 6.42. The van der Waals surface area contributed by atoms with E-state index in [9.17, 15) is 9.59 Å². The van der Waals surface area contributed by atoms with Crippen LogP contribution in [0.2, 0.25) is 0 Å². The molecular weight excluding hydrogens is 350 g/mol. The quantitative estimate of drug-likeness (QED) is 0.769. The normalized spacial score (nSPS) is 16.6. The van der Waals surface area contributed by atoms with Gasteiger partial charge >= 0.3 is 6.03 Å². The van der Waals surface area contributed by atoms with E-state index in [0.29, 0.717) is 13.1 Å². The highest BCUT2D eigenvalue weighted by Crippen LogP contribution is 2.36. The van der Waals surface area contributed by atoms with Gasteiger partial charge in [-0.2, -0.15) is 5.10 Å². The van der Waals surface area contributed by atoms with E-state index in [1.807, 2.05) is 38.1 Å². The van der Waals surface area contributed by atoms with E-state index in [1.54, 1.807) is 16.7 Å². The van der Waals surface area contributed by atoms with Gasteiger partial charge in [-0.05, 0) is 32.4 Å². The molecule has 8 heteroatoms. The molecule has 0 aliphatic carbocycles. The Hall–Kier alpha value is -2.48. The molecule has 0 bridgehead atoms. The molecule has 1 aliphatic heterocycles. The van der Waals surface area contributed by atoms with E-state index in [4.69, 9.17) is 0 Å². The first kappa shape index (κ1) is 18.3. The monoisotopic (exact) mass is 373 g/mol. The predicted molar refractivity (Wildman–Crippen MR) is 101 cm³/mol. The van der Waals surface area contributed by atoms with Crippen LogP contribution in [0.1, 0.15) is 24.7 Å². The Morgan fingerprint density at radius 1 is 1.31 bits per heavy atom. The third-order valence-corrected chi connectivity index (χ3v) is 5.67. The van der Waals surface area contributed by atoms with Crippen LogP contribution in [-0.2, 0) is 4.79 Å². The molecule has 1 aliphatic rings. The molecule has 138 valence electrons. The topological polar surface area (TPSA) is 90.1 Å². The van der Waals surface area contributed by atoms with Crippen LogP contribution in [0, 0.1) is 13.8 Å². The van der Waals surface area contributed by atoms with Crippen molar-refractivity contribution in [2.24, 2.45) is 0 Å². The summed E-state index contributed by atoms with van der Waals surface area (Å²) in [5.74, 6) is -0.0649. The second-order valence-corrected chi connectivity index (χ2v) is 7.48. The number of carbonyl (C=O) groups is 2. The first-order valence-electron chi connectivity index (χ1n) is 8.55. The average molecular weight is 373 g/mol. The van der Waals surface area contributed by atoms with Crippen molar-refractivity contribution < 1.29 is 9.59 Å². The van der Waals surface area contributed by atoms with Gasteiger partial charge in [0.2, 0.25) is 5.91 Å². The van der Waals surface area contributed by atoms with Crippen LogP contribution < -0.4 is 10.6 Å². The third kappa shape index (κ3) is 4.19. The number of anilines is 1. The minimum Gasteiger partial charge on any atom is -0.352 e. The molecule has 1 fully saturated rings. The summed E-state index contributed by atoms with van der Waals surface area (Å²) in [4.78, 5) is 27.6. The number of rotatable bonds is 4. The maximum atomic E-state index is 12.6. The van der Waals surface area contributed by atoms with Crippen LogP contribution >= 0.6 is 11.8 Å². The summed E-state index contributed by atoms with van der Waals surface area (Å²) < 4.78 is 0. The van der Waals surface area contributed by atoms with Crippen LogP contribution in [0.4, 0.5) is 10.5 Å². The number of hydrogen-bond donors (Lipinski definition) is 3. The highest BCUT2D eigenvalue weighted by molar-refractivity contribution is 7.99. The van der Waals surface area contributed by atoms with E-state index in [1.165, 1.54) is 6.92 Å². The number of aryl methyl sites for hydroxylation is 2. The van der Waals surface area contributed by atoms with Crippen LogP contribution in [0.15, 0.2) is 34.1 Å². The van der Waals surface area contributed by atoms with Gasteiger partial charge in [0.1, 0.15) is 0 Å². The number of H-pyrrole nitrogens is 1. The van der Waals surface area contributed by atoms with Crippen molar-refractivity contribution in [3.63, 3.8) is 0 Å². The lowest BCUT2D eigenvalue weighted by Crippen LogP contribution is -2.38. The Morgan fingerprint density at radius 2 is 2.08 bits per heavy atom. The van der Waals surface area contributed by atoms with Crippen LogP contribution in [0.25, 0.3) is 0 Å². The number of likely N-dealkylation sites (tertiary alicyclic amines) is 1. The number of urea groups is 1. The van der Waals surface area contributed by atoms with Crippen molar-refractivity contribution >= 4 is 29.4 Å². The number of aromatic amines is 1. The van der Waals surface area contributed by atoms with E-state index in [-0.39, 0.29) is 18.0 Å². The SMILES string of the molecule is CC(=O)N[C@H]1CCN(C(=O)Nc2ccccc2Sc2c(C)n[nH]c2C)C1. The molecule has 3 N–H and O–H groups in total. The highest BCUT2D eigenvalue weighted by Gasteiger charge is 2.27. The Labute approximate surface area is 156 Å². The molecule has 2 aromatic rings. The van der Waals surface area contributed by atoms with Gasteiger partial charge in [0.15, 0.2) is 0 Å². The molecule has 0 radical (unpaired) electrons. The molecule has 1 aromatic carbocycles. The van der Waals surface area contributed by atoms with Gasteiger partial charge in [0, 0.05) is 36.6 Å². The summed E-state index contributed by atoms with van der Waals surface area (Å²) in [6.07, 6.45) is 0.775. The zero-order chi connectivity index (χ0) is 18.7. The first-order valence-corrected chi connectivity index (χ1v) is 9.37. The molecule has 26 heavy (non-hydrogen) atoms. The molecule has 1 atom stereocenters. The lowest BCUT2D eigenvalue weighted by Gasteiger charge is -2.19. The van der Waals surface area contributed by atoms with Gasteiger partial charge in [-0.3, -0.25) is 9.89 Å². The van der Waals surface area contributed by atoms with Gasteiger partial charge in [0.05, 0.1) is 16.3 Å². The molecule has 0 saturated carbocycles. The molecule has 1 aromatic heterocycles. The Morgan fingerprint density at radius 3 is 2.77 bits per heavy atom. The number of amides is 3. The second kappa shape index (κ2) is 7.82. The number of aromatic nitrogens is 2. The highest BCUT2D eigenvalue weighted by atomic mass is 32.2. The zero-order valence-electron chi connectivity index (χ0n) is 15.1. The standard InChI is InChI=1S/C18H23N5O2S/c1-11-17(12(2)22-21-11)26-16-7-5-4-6-15(16)20-18(25)23-9-8-14(10-23)19-13(3)24/h4-7,14H,8-10H2,1-3H3,(H,19,24)(H,20,25)(H,21,22)/t14-/m0/s1. The lowest BCUT2D eigenvalue weighted by molar-refractivity contribution is -0.119. The Kier molecular flexibility index (Phi) is 5.51. The summed E-state index contributed by atoms with van der Waals surface area (Å²) in [6, 6.07) is 7.61. The zero-order valence-corrected chi connectivity index (χ0v) is 15.9. The number of hydrogen-bond acceptors (Lipinski definition) is 4. The Bertz CT molecular complexity index is 800. The molecule has 3 amide bonds. The van der Waals surface area contributed by atoms with Crippen molar-refractivity contribution in [3.05, 3.63) is 35.7 Å². The van der Waals surface area contributed by atoms with E-state index in [2.05, 4.69) is 20.8 Å². The average Bonchev–Trinajstić information content (AvgIpc) is 3.17. The fourth-order valence-corrected chi connectivity index (χ4v) is 3.99. The number of nitrogens with one attached hydrogen (secondary N) is 3. The molecular formula is C18H23N5O2S. The maximum Gasteiger partial charge on any atom is 0.321 e. The van der Waals surface area contributed by atoms with Gasteiger partial charge < -0.3 is 15.5 Å².